The van der Waals surface area contributed by atoms with Crippen molar-refractivity contribution in [3.8, 4) is 0 Å². The van der Waals surface area contributed by atoms with Crippen LogP contribution in [0.1, 0.15) is 34.5 Å². The van der Waals surface area contributed by atoms with Crippen LogP contribution in [0.15, 0.2) is 48.8 Å². The molecule has 0 saturated carbocycles. The van der Waals surface area contributed by atoms with Gasteiger partial charge < -0.3 is 5.32 Å². The summed E-state index contributed by atoms with van der Waals surface area (Å²) in [6, 6.07) is 11.4. The average Bonchev–Trinajstić information content (AvgIpc) is 2.40. The number of aromatic nitrogens is 1. The molecule has 0 spiro atoms. The zero-order chi connectivity index (χ0) is 13.0. The lowest BCUT2D eigenvalue weighted by Gasteiger charge is -2.15. The zero-order valence-electron chi connectivity index (χ0n) is 10.6. The summed E-state index contributed by atoms with van der Waals surface area (Å²) in [5.74, 6) is -0.0441. The fraction of sp³-hybridized carbons (Fsp3) is 0.200. The van der Waals surface area contributed by atoms with Crippen molar-refractivity contribution in [1.82, 2.24) is 10.3 Å². The predicted molar refractivity (Wildman–Crippen MR) is 71.3 cm³/mol. The largest absolute Gasteiger partial charge is 0.346 e. The van der Waals surface area contributed by atoms with E-state index < -0.39 is 0 Å². The van der Waals surface area contributed by atoms with Crippen molar-refractivity contribution in [2.24, 2.45) is 0 Å². The molecule has 0 fully saturated rings. The van der Waals surface area contributed by atoms with Crippen molar-refractivity contribution in [2.45, 2.75) is 19.9 Å². The van der Waals surface area contributed by atoms with Gasteiger partial charge in [-0.2, -0.15) is 0 Å². The van der Waals surface area contributed by atoms with Gasteiger partial charge in [0.05, 0.1) is 6.04 Å². The lowest BCUT2D eigenvalue weighted by Crippen LogP contribution is -2.27. The van der Waals surface area contributed by atoms with Gasteiger partial charge >= 0.3 is 0 Å². The molecule has 1 heterocycles. The van der Waals surface area contributed by atoms with Crippen LogP contribution in [0.2, 0.25) is 0 Å². The summed E-state index contributed by atoms with van der Waals surface area (Å²) < 4.78 is 0. The number of amides is 1. The highest BCUT2D eigenvalue weighted by atomic mass is 16.1. The first kappa shape index (κ1) is 12.3. The van der Waals surface area contributed by atoms with E-state index in [1.807, 2.05) is 50.2 Å². The fourth-order valence-electron chi connectivity index (χ4n) is 1.84. The van der Waals surface area contributed by atoms with Gasteiger partial charge in [0.1, 0.15) is 0 Å². The van der Waals surface area contributed by atoms with Crippen LogP contribution in [0, 0.1) is 6.92 Å². The van der Waals surface area contributed by atoms with Crippen molar-refractivity contribution >= 4 is 5.91 Å². The van der Waals surface area contributed by atoms with E-state index in [1.165, 1.54) is 0 Å². The van der Waals surface area contributed by atoms with Crippen molar-refractivity contribution in [3.05, 3.63) is 65.5 Å². The number of nitrogens with one attached hydrogen (secondary N) is 1. The smallest absolute Gasteiger partial charge is 0.252 e. The number of hydrogen-bond donors (Lipinski definition) is 1. The van der Waals surface area contributed by atoms with E-state index in [1.54, 1.807) is 12.4 Å². The Morgan fingerprint density at radius 1 is 1.17 bits per heavy atom. The number of aryl methyl sites for hydroxylation is 1. The van der Waals surface area contributed by atoms with Gasteiger partial charge in [0.15, 0.2) is 0 Å². The number of carbonyl (C=O) groups excluding carboxylic acids is 1. The predicted octanol–water partition coefficient (Wildman–Crippen LogP) is 2.88. The van der Waals surface area contributed by atoms with E-state index in [0.29, 0.717) is 0 Å². The number of rotatable bonds is 3. The molecule has 2 rings (SSSR count). The Hall–Kier alpha value is -2.16. The molecule has 1 N–H and O–H groups in total. The molecule has 3 heteroatoms. The molecular formula is C15H16N2O. The molecule has 0 bridgehead atoms. The van der Waals surface area contributed by atoms with Crippen molar-refractivity contribution in [1.29, 1.82) is 0 Å². The van der Waals surface area contributed by atoms with Crippen LogP contribution in [-0.2, 0) is 0 Å². The molecule has 0 saturated heterocycles. The van der Waals surface area contributed by atoms with E-state index >= 15 is 0 Å². The van der Waals surface area contributed by atoms with Crippen molar-refractivity contribution in [3.63, 3.8) is 0 Å². The van der Waals surface area contributed by atoms with Gasteiger partial charge in [0.25, 0.3) is 5.91 Å². The maximum Gasteiger partial charge on any atom is 0.252 e. The van der Waals surface area contributed by atoms with Crippen molar-refractivity contribution in [2.75, 3.05) is 0 Å². The molecule has 0 aliphatic heterocycles. The molecule has 0 aliphatic rings. The molecule has 92 valence electrons. The second kappa shape index (κ2) is 5.45. The molecule has 18 heavy (non-hydrogen) atoms. The fourth-order valence-corrected chi connectivity index (χ4v) is 1.84. The lowest BCUT2D eigenvalue weighted by molar-refractivity contribution is 0.0939. The summed E-state index contributed by atoms with van der Waals surface area (Å²) in [6.07, 6.45) is 3.46. The Morgan fingerprint density at radius 2 is 1.83 bits per heavy atom. The molecule has 0 aliphatic carbocycles. The summed E-state index contributed by atoms with van der Waals surface area (Å²) in [5, 5.41) is 2.99. The van der Waals surface area contributed by atoms with E-state index in [0.717, 1.165) is 16.7 Å². The normalized spacial score (nSPS) is 11.9. The van der Waals surface area contributed by atoms with E-state index in [2.05, 4.69) is 10.3 Å². The topological polar surface area (TPSA) is 42.0 Å². The number of carbonyl (C=O) groups is 1. The molecule has 1 atom stereocenters. The highest BCUT2D eigenvalue weighted by molar-refractivity contribution is 5.95. The third-order valence-electron chi connectivity index (χ3n) is 2.94. The second-order valence-electron chi connectivity index (χ2n) is 4.29. The Bertz CT molecular complexity index is 537. The van der Waals surface area contributed by atoms with Gasteiger partial charge in [0, 0.05) is 18.0 Å². The third-order valence-corrected chi connectivity index (χ3v) is 2.94. The van der Waals surface area contributed by atoms with Gasteiger partial charge in [0.2, 0.25) is 0 Å². The molecule has 1 aromatic heterocycles. The van der Waals surface area contributed by atoms with Crippen LogP contribution in [0.5, 0.6) is 0 Å². The maximum absolute atomic E-state index is 12.1. The van der Waals surface area contributed by atoms with Gasteiger partial charge in [-0.15, -0.1) is 0 Å². The molecule has 1 amide bonds. The summed E-state index contributed by atoms with van der Waals surface area (Å²) >= 11 is 0. The Labute approximate surface area is 107 Å². The molecule has 1 aromatic carbocycles. The SMILES string of the molecule is Cc1ccccc1C(=O)N[C@@H](C)c1ccncc1. The third kappa shape index (κ3) is 2.74. The number of nitrogens with zero attached hydrogens (tertiary/aromatic N) is 1. The highest BCUT2D eigenvalue weighted by Gasteiger charge is 2.12. The number of pyridine rings is 1. The lowest BCUT2D eigenvalue weighted by atomic mass is 10.1. The van der Waals surface area contributed by atoms with Crippen LogP contribution in [0.25, 0.3) is 0 Å². The van der Waals surface area contributed by atoms with Gasteiger partial charge in [-0.05, 0) is 43.2 Å². The Morgan fingerprint density at radius 3 is 2.50 bits per heavy atom. The number of hydrogen-bond acceptors (Lipinski definition) is 2. The minimum Gasteiger partial charge on any atom is -0.346 e. The monoisotopic (exact) mass is 240 g/mol. The summed E-state index contributed by atoms with van der Waals surface area (Å²) in [4.78, 5) is 16.1. The number of benzene rings is 1. The molecule has 0 unspecified atom stereocenters. The van der Waals surface area contributed by atoms with Crippen LogP contribution < -0.4 is 5.32 Å². The first-order chi connectivity index (χ1) is 8.68. The van der Waals surface area contributed by atoms with E-state index in [9.17, 15) is 4.79 Å². The molecule has 2 aromatic rings. The van der Waals surface area contributed by atoms with Crippen LogP contribution in [0.4, 0.5) is 0 Å². The molecule has 3 nitrogen and oxygen atoms in total. The average molecular weight is 240 g/mol. The standard InChI is InChI=1S/C15H16N2O/c1-11-5-3-4-6-14(11)15(18)17-12(2)13-7-9-16-10-8-13/h3-10,12H,1-2H3,(H,17,18)/t12-/m0/s1. The second-order valence-corrected chi connectivity index (χ2v) is 4.29. The minimum absolute atomic E-state index is 0.0277. The van der Waals surface area contributed by atoms with Crippen LogP contribution in [-0.4, -0.2) is 10.9 Å². The van der Waals surface area contributed by atoms with Crippen LogP contribution in [0.3, 0.4) is 0 Å². The van der Waals surface area contributed by atoms with Crippen molar-refractivity contribution < 1.29 is 4.79 Å². The minimum atomic E-state index is -0.0441. The summed E-state index contributed by atoms with van der Waals surface area (Å²) in [7, 11) is 0. The van der Waals surface area contributed by atoms with Gasteiger partial charge in [-0.25, -0.2) is 0 Å². The maximum atomic E-state index is 12.1. The Balaban J connectivity index is 2.11. The highest BCUT2D eigenvalue weighted by Crippen LogP contribution is 2.13. The van der Waals surface area contributed by atoms with E-state index in [4.69, 9.17) is 0 Å². The Kier molecular flexibility index (Phi) is 3.72. The molecular weight excluding hydrogens is 224 g/mol. The molecule has 0 radical (unpaired) electrons. The van der Waals surface area contributed by atoms with Gasteiger partial charge in [-0.1, -0.05) is 18.2 Å². The summed E-state index contributed by atoms with van der Waals surface area (Å²) in [6.45, 7) is 3.90. The van der Waals surface area contributed by atoms with Crippen LogP contribution >= 0.6 is 0 Å². The summed E-state index contributed by atoms with van der Waals surface area (Å²) in [5.41, 5.74) is 2.75. The van der Waals surface area contributed by atoms with E-state index in [-0.39, 0.29) is 11.9 Å². The quantitative estimate of drug-likeness (QED) is 0.896. The van der Waals surface area contributed by atoms with Gasteiger partial charge in [-0.3, -0.25) is 9.78 Å². The zero-order valence-corrected chi connectivity index (χ0v) is 10.6. The first-order valence-corrected chi connectivity index (χ1v) is 5.95. The first-order valence-electron chi connectivity index (χ1n) is 5.95.